The molecule has 1 aliphatic carbocycles. The highest BCUT2D eigenvalue weighted by atomic mass is 32.2. The Hall–Kier alpha value is -1.70. The fourth-order valence-electron chi connectivity index (χ4n) is 2.18. The molecule has 1 heterocycles. The molecule has 0 atom stereocenters. The van der Waals surface area contributed by atoms with Crippen molar-refractivity contribution in [2.75, 3.05) is 0 Å². The molecule has 2 N–H and O–H groups in total. The van der Waals surface area contributed by atoms with Crippen LogP contribution in [0.1, 0.15) is 33.6 Å². The van der Waals surface area contributed by atoms with Gasteiger partial charge in [0, 0.05) is 16.5 Å². The van der Waals surface area contributed by atoms with Crippen LogP contribution in [0.25, 0.3) is 0 Å². The van der Waals surface area contributed by atoms with Crippen LogP contribution < -0.4 is 10.0 Å². The predicted molar refractivity (Wildman–Crippen MR) is 90.0 cm³/mol. The zero-order valence-electron chi connectivity index (χ0n) is 12.7. The lowest BCUT2D eigenvalue weighted by atomic mass is 10.1. The van der Waals surface area contributed by atoms with Crippen LogP contribution >= 0.6 is 11.3 Å². The molecule has 0 radical (unpaired) electrons. The van der Waals surface area contributed by atoms with Crippen molar-refractivity contribution in [2.24, 2.45) is 0 Å². The molecular formula is C16H18N2O3S2. The zero-order chi connectivity index (χ0) is 16.4. The molecule has 1 aliphatic rings. The first-order valence-electron chi connectivity index (χ1n) is 7.39. The third-order valence-electron chi connectivity index (χ3n) is 3.67. The Kier molecular flexibility index (Phi) is 4.52. The van der Waals surface area contributed by atoms with Gasteiger partial charge in [-0.3, -0.25) is 4.79 Å². The van der Waals surface area contributed by atoms with Crippen LogP contribution in [0, 0.1) is 6.92 Å². The molecule has 1 aromatic carbocycles. The highest BCUT2D eigenvalue weighted by Gasteiger charge is 2.28. The third-order valence-corrected chi connectivity index (χ3v) is 6.06. The van der Waals surface area contributed by atoms with Gasteiger partial charge >= 0.3 is 0 Å². The molecule has 5 nitrogen and oxygen atoms in total. The Morgan fingerprint density at radius 2 is 2.09 bits per heavy atom. The first kappa shape index (κ1) is 16.2. The predicted octanol–water partition coefficient (Wildman–Crippen LogP) is 2.43. The molecule has 1 amide bonds. The highest BCUT2D eigenvalue weighted by molar-refractivity contribution is 7.89. The van der Waals surface area contributed by atoms with Gasteiger partial charge in [-0.2, -0.15) is 0 Å². The summed E-state index contributed by atoms with van der Waals surface area (Å²) in [6, 6.07) is 8.56. The molecule has 0 bridgehead atoms. The van der Waals surface area contributed by atoms with E-state index < -0.39 is 10.0 Å². The lowest BCUT2D eigenvalue weighted by molar-refractivity contribution is 0.0950. The molecule has 23 heavy (non-hydrogen) atoms. The number of rotatable bonds is 6. The number of nitrogens with one attached hydrogen (secondary N) is 2. The van der Waals surface area contributed by atoms with Crippen molar-refractivity contribution in [1.82, 2.24) is 10.0 Å². The van der Waals surface area contributed by atoms with Crippen molar-refractivity contribution >= 4 is 27.3 Å². The van der Waals surface area contributed by atoms with E-state index >= 15 is 0 Å². The maximum absolute atomic E-state index is 12.4. The number of thiophene rings is 1. The Bertz CT molecular complexity index is 810. The van der Waals surface area contributed by atoms with Crippen LogP contribution in [0.15, 0.2) is 40.6 Å². The van der Waals surface area contributed by atoms with E-state index in [-0.39, 0.29) is 16.8 Å². The van der Waals surface area contributed by atoms with Crippen LogP contribution in [0.3, 0.4) is 0 Å². The molecule has 2 aromatic rings. The SMILES string of the molecule is Cc1ccc(S(=O)(=O)NC2CC2)cc1C(=O)NCc1cccs1. The van der Waals surface area contributed by atoms with Crippen molar-refractivity contribution in [3.8, 4) is 0 Å². The molecule has 3 rings (SSSR count). The summed E-state index contributed by atoms with van der Waals surface area (Å²) in [4.78, 5) is 13.5. The molecule has 0 saturated heterocycles. The normalized spacial score (nSPS) is 14.7. The summed E-state index contributed by atoms with van der Waals surface area (Å²) in [6.45, 7) is 2.23. The molecule has 0 aliphatic heterocycles. The van der Waals surface area contributed by atoms with Gasteiger partial charge in [0.2, 0.25) is 10.0 Å². The van der Waals surface area contributed by atoms with E-state index in [2.05, 4.69) is 10.0 Å². The summed E-state index contributed by atoms with van der Waals surface area (Å²) < 4.78 is 27.2. The topological polar surface area (TPSA) is 75.3 Å². The van der Waals surface area contributed by atoms with Gasteiger partial charge in [-0.05, 0) is 48.9 Å². The molecular weight excluding hydrogens is 332 g/mol. The van der Waals surface area contributed by atoms with Crippen LogP contribution in [-0.2, 0) is 16.6 Å². The molecule has 1 saturated carbocycles. The summed E-state index contributed by atoms with van der Waals surface area (Å²) in [5, 5.41) is 4.78. The first-order chi connectivity index (χ1) is 11.0. The highest BCUT2D eigenvalue weighted by Crippen LogP contribution is 2.23. The van der Waals surface area contributed by atoms with Gasteiger partial charge in [0.15, 0.2) is 0 Å². The second-order valence-electron chi connectivity index (χ2n) is 5.63. The fourth-order valence-corrected chi connectivity index (χ4v) is 4.15. The smallest absolute Gasteiger partial charge is 0.251 e. The maximum atomic E-state index is 12.4. The summed E-state index contributed by atoms with van der Waals surface area (Å²) in [7, 11) is -3.56. The summed E-state index contributed by atoms with van der Waals surface area (Å²) in [6.07, 6.45) is 1.75. The van der Waals surface area contributed by atoms with Crippen LogP contribution in [-0.4, -0.2) is 20.4 Å². The minimum Gasteiger partial charge on any atom is -0.347 e. The summed E-state index contributed by atoms with van der Waals surface area (Å²) in [5.41, 5.74) is 1.14. The molecule has 0 spiro atoms. The fraction of sp³-hybridized carbons (Fsp3) is 0.312. The van der Waals surface area contributed by atoms with Crippen LogP contribution in [0.5, 0.6) is 0 Å². The number of carbonyl (C=O) groups excluding carboxylic acids is 1. The number of aryl methyl sites for hydroxylation is 1. The van der Waals surface area contributed by atoms with Gasteiger partial charge in [-0.25, -0.2) is 13.1 Å². The van der Waals surface area contributed by atoms with Gasteiger partial charge < -0.3 is 5.32 Å². The number of amides is 1. The number of benzene rings is 1. The summed E-state index contributed by atoms with van der Waals surface area (Å²) >= 11 is 1.56. The average molecular weight is 350 g/mol. The lowest BCUT2D eigenvalue weighted by Gasteiger charge is -2.10. The Labute approximate surface area is 139 Å². The summed E-state index contributed by atoms with van der Waals surface area (Å²) in [5.74, 6) is -0.264. The Balaban J connectivity index is 1.78. The van der Waals surface area contributed by atoms with Crippen LogP contribution in [0.4, 0.5) is 0 Å². The van der Waals surface area contributed by atoms with E-state index in [0.29, 0.717) is 12.1 Å². The third kappa shape index (κ3) is 3.99. The Morgan fingerprint density at radius 3 is 2.74 bits per heavy atom. The minimum atomic E-state index is -3.56. The number of hydrogen-bond donors (Lipinski definition) is 2. The standard InChI is InChI=1S/C16H18N2O3S2/c1-11-4-7-14(23(20,21)18-12-5-6-12)9-15(11)16(19)17-10-13-3-2-8-22-13/h2-4,7-9,12,18H,5-6,10H2,1H3,(H,17,19). The van der Waals surface area contributed by atoms with Gasteiger partial charge in [0.05, 0.1) is 11.4 Å². The van der Waals surface area contributed by atoms with Crippen LogP contribution in [0.2, 0.25) is 0 Å². The van der Waals surface area contributed by atoms with E-state index in [4.69, 9.17) is 0 Å². The van der Waals surface area contributed by atoms with Crippen molar-refractivity contribution in [3.63, 3.8) is 0 Å². The maximum Gasteiger partial charge on any atom is 0.251 e. The molecule has 7 heteroatoms. The largest absolute Gasteiger partial charge is 0.347 e. The zero-order valence-corrected chi connectivity index (χ0v) is 14.3. The van der Waals surface area contributed by atoms with Gasteiger partial charge in [-0.1, -0.05) is 12.1 Å². The lowest BCUT2D eigenvalue weighted by Crippen LogP contribution is -2.27. The second kappa shape index (κ2) is 6.43. The Morgan fingerprint density at radius 1 is 1.30 bits per heavy atom. The van der Waals surface area contributed by atoms with Crippen molar-refractivity contribution in [2.45, 2.75) is 37.2 Å². The molecule has 1 fully saturated rings. The number of sulfonamides is 1. The molecule has 122 valence electrons. The van der Waals surface area contributed by atoms with E-state index in [9.17, 15) is 13.2 Å². The van der Waals surface area contributed by atoms with E-state index in [1.165, 1.54) is 12.1 Å². The molecule has 0 unspecified atom stereocenters. The second-order valence-corrected chi connectivity index (χ2v) is 8.38. The van der Waals surface area contributed by atoms with Crippen molar-refractivity contribution in [1.29, 1.82) is 0 Å². The average Bonchev–Trinajstić information content (AvgIpc) is 3.15. The van der Waals surface area contributed by atoms with Gasteiger partial charge in [-0.15, -0.1) is 11.3 Å². The van der Waals surface area contributed by atoms with E-state index in [0.717, 1.165) is 23.3 Å². The first-order valence-corrected chi connectivity index (χ1v) is 9.75. The van der Waals surface area contributed by atoms with Crippen molar-refractivity contribution in [3.05, 3.63) is 51.7 Å². The number of carbonyl (C=O) groups is 1. The van der Waals surface area contributed by atoms with E-state index in [1.807, 2.05) is 17.5 Å². The molecule has 1 aromatic heterocycles. The quantitative estimate of drug-likeness (QED) is 0.840. The van der Waals surface area contributed by atoms with Crippen molar-refractivity contribution < 1.29 is 13.2 Å². The minimum absolute atomic E-state index is 0.0393. The van der Waals surface area contributed by atoms with Gasteiger partial charge in [0.1, 0.15) is 0 Å². The van der Waals surface area contributed by atoms with Gasteiger partial charge in [0.25, 0.3) is 5.91 Å². The van der Waals surface area contributed by atoms with E-state index in [1.54, 1.807) is 24.3 Å². The number of hydrogen-bond acceptors (Lipinski definition) is 4. The monoisotopic (exact) mass is 350 g/mol.